The van der Waals surface area contributed by atoms with E-state index in [1.807, 2.05) is 0 Å². The van der Waals surface area contributed by atoms with E-state index in [0.29, 0.717) is 12.3 Å². The molecule has 1 unspecified atom stereocenters. The summed E-state index contributed by atoms with van der Waals surface area (Å²) in [6.45, 7) is 7.93. The lowest BCUT2D eigenvalue weighted by Crippen LogP contribution is -2.27. The Balaban J connectivity index is 2.57. The third-order valence-corrected chi connectivity index (χ3v) is 3.52. The minimum Gasteiger partial charge on any atom is -0.468 e. The summed E-state index contributed by atoms with van der Waals surface area (Å²) in [7, 11) is 2.54. The zero-order chi connectivity index (χ0) is 13.7. The molecule has 0 bridgehead atoms. The Morgan fingerprint density at radius 2 is 1.83 bits per heavy atom. The minimum atomic E-state index is -0.832. The topological polar surface area (TPSA) is 52.6 Å². The van der Waals surface area contributed by atoms with Crippen LogP contribution in [0.5, 0.6) is 0 Å². The molecular formula is C14H20O4. The summed E-state index contributed by atoms with van der Waals surface area (Å²) in [5.41, 5.74) is 2.12. The summed E-state index contributed by atoms with van der Waals surface area (Å²) >= 11 is 0. The highest BCUT2D eigenvalue weighted by molar-refractivity contribution is 5.94. The number of ether oxygens (including phenoxy) is 2. The molecular weight excluding hydrogens is 232 g/mol. The Morgan fingerprint density at radius 1 is 1.28 bits per heavy atom. The molecule has 0 heterocycles. The van der Waals surface area contributed by atoms with Crippen molar-refractivity contribution in [3.63, 3.8) is 0 Å². The van der Waals surface area contributed by atoms with E-state index in [2.05, 4.69) is 22.6 Å². The second-order valence-electron chi connectivity index (χ2n) is 4.54. The molecule has 1 atom stereocenters. The van der Waals surface area contributed by atoms with E-state index in [0.717, 1.165) is 30.4 Å². The first-order chi connectivity index (χ1) is 8.51. The third kappa shape index (κ3) is 3.22. The summed E-state index contributed by atoms with van der Waals surface area (Å²) in [5.74, 6) is -1.59. The second kappa shape index (κ2) is 6.38. The highest BCUT2D eigenvalue weighted by atomic mass is 16.5. The van der Waals surface area contributed by atoms with Crippen LogP contribution in [-0.4, -0.2) is 26.2 Å². The third-order valence-electron chi connectivity index (χ3n) is 3.52. The normalized spacial score (nSPS) is 19.2. The fraction of sp³-hybridized carbons (Fsp3) is 0.571. The second-order valence-corrected chi connectivity index (χ2v) is 4.54. The van der Waals surface area contributed by atoms with Gasteiger partial charge in [0.05, 0.1) is 14.2 Å². The predicted octanol–water partition coefficient (Wildman–Crippen LogP) is 2.25. The van der Waals surface area contributed by atoms with Crippen molar-refractivity contribution in [2.45, 2.75) is 25.7 Å². The van der Waals surface area contributed by atoms with E-state index in [-0.39, 0.29) is 0 Å². The van der Waals surface area contributed by atoms with Gasteiger partial charge < -0.3 is 9.47 Å². The van der Waals surface area contributed by atoms with Gasteiger partial charge in [0.1, 0.15) is 0 Å². The molecule has 0 aromatic heterocycles. The van der Waals surface area contributed by atoms with Gasteiger partial charge in [-0.15, -0.1) is 0 Å². The molecule has 0 aromatic rings. The zero-order valence-corrected chi connectivity index (χ0v) is 11.0. The predicted molar refractivity (Wildman–Crippen MR) is 67.8 cm³/mol. The Labute approximate surface area is 108 Å². The van der Waals surface area contributed by atoms with Crippen LogP contribution in [0.4, 0.5) is 0 Å². The van der Waals surface area contributed by atoms with E-state index in [4.69, 9.17) is 0 Å². The lowest BCUT2D eigenvalue weighted by Gasteiger charge is -2.15. The lowest BCUT2D eigenvalue weighted by atomic mass is 9.92. The molecule has 0 radical (unpaired) electrons. The molecule has 1 rings (SSSR count). The summed E-state index contributed by atoms with van der Waals surface area (Å²) in [6, 6.07) is 0. The van der Waals surface area contributed by atoms with Crippen LogP contribution in [0.25, 0.3) is 0 Å². The number of hydrogen-bond donors (Lipinski definition) is 0. The van der Waals surface area contributed by atoms with Crippen LogP contribution in [-0.2, 0) is 19.1 Å². The van der Waals surface area contributed by atoms with Crippen LogP contribution in [0, 0.1) is 11.8 Å². The highest BCUT2D eigenvalue weighted by Crippen LogP contribution is 2.37. The van der Waals surface area contributed by atoms with E-state index in [9.17, 15) is 9.59 Å². The number of hydrogen-bond acceptors (Lipinski definition) is 4. The fourth-order valence-electron chi connectivity index (χ4n) is 2.27. The molecule has 1 saturated carbocycles. The van der Waals surface area contributed by atoms with Crippen molar-refractivity contribution in [3.8, 4) is 0 Å². The average molecular weight is 252 g/mol. The number of carbonyl (C=O) groups is 2. The number of carbonyl (C=O) groups excluding carboxylic acids is 2. The number of rotatable bonds is 5. The van der Waals surface area contributed by atoms with Crippen molar-refractivity contribution in [2.24, 2.45) is 11.8 Å². The van der Waals surface area contributed by atoms with Gasteiger partial charge in [-0.2, -0.15) is 0 Å². The Morgan fingerprint density at radius 3 is 2.22 bits per heavy atom. The smallest absolute Gasteiger partial charge is 0.320 e. The number of esters is 2. The molecule has 0 amide bonds. The van der Waals surface area contributed by atoms with E-state index < -0.39 is 17.9 Å². The summed E-state index contributed by atoms with van der Waals surface area (Å²) in [6.07, 6.45) is 3.10. The van der Waals surface area contributed by atoms with Gasteiger partial charge in [-0.1, -0.05) is 18.7 Å². The molecule has 100 valence electrons. The SMILES string of the molecule is C=C1CCC(CCC(C(=O)OC)C(=O)OC)C1=C. The zero-order valence-electron chi connectivity index (χ0n) is 11.0. The first-order valence-corrected chi connectivity index (χ1v) is 6.03. The highest BCUT2D eigenvalue weighted by Gasteiger charge is 2.31. The first-order valence-electron chi connectivity index (χ1n) is 6.03. The molecule has 0 aromatic carbocycles. The van der Waals surface area contributed by atoms with Gasteiger partial charge in [0.2, 0.25) is 0 Å². The average Bonchev–Trinajstić information content (AvgIpc) is 2.69. The number of methoxy groups -OCH3 is 2. The molecule has 1 aliphatic carbocycles. The van der Waals surface area contributed by atoms with Crippen molar-refractivity contribution >= 4 is 11.9 Å². The van der Waals surface area contributed by atoms with Crippen LogP contribution in [0.1, 0.15) is 25.7 Å². The van der Waals surface area contributed by atoms with Crippen molar-refractivity contribution in [2.75, 3.05) is 14.2 Å². The van der Waals surface area contributed by atoms with E-state index >= 15 is 0 Å². The molecule has 4 heteroatoms. The maximum atomic E-state index is 11.5. The lowest BCUT2D eigenvalue weighted by molar-refractivity contribution is -0.159. The van der Waals surface area contributed by atoms with Crippen molar-refractivity contribution < 1.29 is 19.1 Å². The van der Waals surface area contributed by atoms with E-state index in [1.165, 1.54) is 14.2 Å². The van der Waals surface area contributed by atoms with Gasteiger partial charge in [0.15, 0.2) is 5.92 Å². The fourth-order valence-corrected chi connectivity index (χ4v) is 2.27. The van der Waals surface area contributed by atoms with Crippen LogP contribution in [0.3, 0.4) is 0 Å². The monoisotopic (exact) mass is 252 g/mol. The molecule has 1 fully saturated rings. The molecule has 0 saturated heterocycles. The maximum Gasteiger partial charge on any atom is 0.320 e. The van der Waals surface area contributed by atoms with Crippen LogP contribution < -0.4 is 0 Å². The van der Waals surface area contributed by atoms with Gasteiger partial charge in [-0.25, -0.2) is 0 Å². The summed E-state index contributed by atoms with van der Waals surface area (Å²) < 4.78 is 9.24. The molecule has 4 nitrogen and oxygen atoms in total. The van der Waals surface area contributed by atoms with Gasteiger partial charge in [-0.05, 0) is 37.2 Å². The minimum absolute atomic E-state index is 0.314. The quantitative estimate of drug-likeness (QED) is 0.556. The van der Waals surface area contributed by atoms with Gasteiger partial charge >= 0.3 is 11.9 Å². The number of allylic oxidation sites excluding steroid dienone is 2. The molecule has 18 heavy (non-hydrogen) atoms. The molecule has 0 spiro atoms. The first kappa shape index (κ1) is 14.5. The summed E-state index contributed by atoms with van der Waals surface area (Å²) in [4.78, 5) is 23.0. The van der Waals surface area contributed by atoms with Gasteiger partial charge in [0, 0.05) is 0 Å². The van der Waals surface area contributed by atoms with Crippen molar-refractivity contribution in [1.82, 2.24) is 0 Å². The van der Waals surface area contributed by atoms with Crippen molar-refractivity contribution in [1.29, 1.82) is 0 Å². The molecule has 1 aliphatic rings. The summed E-state index contributed by atoms with van der Waals surface area (Å²) in [5, 5.41) is 0. The van der Waals surface area contributed by atoms with Crippen LogP contribution in [0.15, 0.2) is 24.3 Å². The Bertz CT molecular complexity index is 354. The maximum absolute atomic E-state index is 11.5. The van der Waals surface area contributed by atoms with Gasteiger partial charge in [-0.3, -0.25) is 9.59 Å². The van der Waals surface area contributed by atoms with Gasteiger partial charge in [0.25, 0.3) is 0 Å². The Hall–Kier alpha value is -1.58. The largest absolute Gasteiger partial charge is 0.468 e. The Kier molecular flexibility index (Phi) is 5.13. The molecule has 0 aliphatic heterocycles. The van der Waals surface area contributed by atoms with E-state index in [1.54, 1.807) is 0 Å². The standard InChI is InChI=1S/C14H20O4/c1-9-5-6-11(10(9)2)7-8-12(13(15)17-3)14(16)18-4/h11-12H,1-2,5-8H2,3-4H3. The van der Waals surface area contributed by atoms with Crippen LogP contribution in [0.2, 0.25) is 0 Å². The molecule has 0 N–H and O–H groups in total. The van der Waals surface area contributed by atoms with Crippen molar-refractivity contribution in [3.05, 3.63) is 24.3 Å². The van der Waals surface area contributed by atoms with Crippen LogP contribution >= 0.6 is 0 Å².